The predicted molar refractivity (Wildman–Crippen MR) is 69.5 cm³/mol. The smallest absolute Gasteiger partial charge is 0.0708 e. The van der Waals surface area contributed by atoms with Gasteiger partial charge in [0.05, 0.1) is 5.52 Å². The summed E-state index contributed by atoms with van der Waals surface area (Å²) >= 11 is 0. The van der Waals surface area contributed by atoms with Crippen molar-refractivity contribution in [2.75, 3.05) is 0 Å². The summed E-state index contributed by atoms with van der Waals surface area (Å²) in [7, 11) is 0. The number of fused-ring (bicyclic) bond motifs is 1. The van der Waals surface area contributed by atoms with Gasteiger partial charge in [-0.05, 0) is 24.1 Å². The third-order valence-electron chi connectivity index (χ3n) is 2.57. The van der Waals surface area contributed by atoms with Crippen molar-refractivity contribution in [2.24, 2.45) is 0 Å². The maximum Gasteiger partial charge on any atom is 0.0708 e. The van der Waals surface area contributed by atoms with E-state index in [9.17, 15) is 0 Å². The van der Waals surface area contributed by atoms with Gasteiger partial charge in [0.25, 0.3) is 0 Å². The summed E-state index contributed by atoms with van der Waals surface area (Å²) in [6, 6.07) is 10.4. The molecule has 0 saturated heterocycles. The summed E-state index contributed by atoms with van der Waals surface area (Å²) < 4.78 is 0. The van der Waals surface area contributed by atoms with Crippen LogP contribution < -0.4 is 0 Å². The minimum atomic E-state index is 0.814. The highest BCUT2D eigenvalue weighted by molar-refractivity contribution is 5.82. The van der Waals surface area contributed by atoms with Crippen LogP contribution in [-0.4, -0.2) is 4.98 Å². The van der Waals surface area contributed by atoms with Crippen LogP contribution in [0.4, 0.5) is 0 Å². The van der Waals surface area contributed by atoms with Crippen molar-refractivity contribution < 1.29 is 0 Å². The minimum absolute atomic E-state index is 0.814. The lowest BCUT2D eigenvalue weighted by Crippen LogP contribution is -1.93. The van der Waals surface area contributed by atoms with Crippen LogP contribution in [0.2, 0.25) is 0 Å². The molecule has 0 aliphatic carbocycles. The van der Waals surface area contributed by atoms with E-state index in [1.807, 2.05) is 24.3 Å². The molecule has 0 amide bonds. The Bertz CT molecular complexity index is 526. The normalized spacial score (nSPS) is 10.2. The average Bonchev–Trinajstić information content (AvgIpc) is 2.30. The maximum absolute atomic E-state index is 4.60. The highest BCUT2D eigenvalue weighted by Gasteiger charge is 2.03. The van der Waals surface area contributed by atoms with Crippen molar-refractivity contribution in [2.45, 2.75) is 12.8 Å². The predicted octanol–water partition coefficient (Wildman–Crippen LogP) is 3.69. The van der Waals surface area contributed by atoms with Crippen molar-refractivity contribution in [3.63, 3.8) is 0 Å². The van der Waals surface area contributed by atoms with Crippen molar-refractivity contribution in [3.05, 3.63) is 66.9 Å². The Morgan fingerprint density at radius 1 is 1.06 bits per heavy atom. The minimum Gasteiger partial charge on any atom is -0.252 e. The Morgan fingerprint density at radius 2 is 1.81 bits per heavy atom. The van der Waals surface area contributed by atoms with Gasteiger partial charge in [-0.15, -0.1) is 13.2 Å². The van der Waals surface area contributed by atoms with E-state index in [1.54, 1.807) is 0 Å². The quantitative estimate of drug-likeness (QED) is 0.700. The fourth-order valence-electron chi connectivity index (χ4n) is 1.89. The SMILES string of the molecule is C=CCc1cc(CC=C)c2ccccc2n1. The Hall–Kier alpha value is -1.89. The van der Waals surface area contributed by atoms with Gasteiger partial charge >= 0.3 is 0 Å². The zero-order chi connectivity index (χ0) is 11.4. The number of allylic oxidation sites excluding steroid dienone is 2. The largest absolute Gasteiger partial charge is 0.252 e. The number of hydrogen-bond acceptors (Lipinski definition) is 1. The van der Waals surface area contributed by atoms with Gasteiger partial charge in [-0.3, -0.25) is 4.98 Å². The number of hydrogen-bond donors (Lipinski definition) is 0. The molecule has 1 heteroatoms. The molecule has 0 atom stereocenters. The monoisotopic (exact) mass is 209 g/mol. The second-order valence-corrected chi connectivity index (χ2v) is 3.78. The van der Waals surface area contributed by atoms with Crippen molar-refractivity contribution in [3.8, 4) is 0 Å². The van der Waals surface area contributed by atoms with Gasteiger partial charge in [0.1, 0.15) is 0 Å². The summed E-state index contributed by atoms with van der Waals surface area (Å²) in [5.41, 5.74) is 3.42. The van der Waals surface area contributed by atoms with Gasteiger partial charge < -0.3 is 0 Å². The molecule has 2 aromatic rings. The van der Waals surface area contributed by atoms with E-state index in [-0.39, 0.29) is 0 Å². The van der Waals surface area contributed by atoms with Crippen LogP contribution in [-0.2, 0) is 12.8 Å². The van der Waals surface area contributed by atoms with Crippen molar-refractivity contribution >= 4 is 10.9 Å². The molecule has 1 aromatic carbocycles. The highest BCUT2D eigenvalue weighted by Crippen LogP contribution is 2.19. The second-order valence-electron chi connectivity index (χ2n) is 3.78. The molecule has 1 aromatic heterocycles. The third-order valence-corrected chi connectivity index (χ3v) is 2.57. The third kappa shape index (κ3) is 2.03. The molecule has 0 radical (unpaired) electrons. The summed E-state index contributed by atoms with van der Waals surface area (Å²) in [6.45, 7) is 7.55. The van der Waals surface area contributed by atoms with Crippen LogP contribution in [0.5, 0.6) is 0 Å². The van der Waals surface area contributed by atoms with E-state index in [2.05, 4.69) is 36.3 Å². The highest BCUT2D eigenvalue weighted by atomic mass is 14.7. The topological polar surface area (TPSA) is 12.9 Å². The standard InChI is InChI=1S/C15H15N/c1-3-7-12-11-13(8-4-2)16-15-10-6-5-9-14(12)15/h3-6,9-11H,1-2,7-8H2. The molecule has 16 heavy (non-hydrogen) atoms. The van der Waals surface area contributed by atoms with E-state index < -0.39 is 0 Å². The fraction of sp³-hybridized carbons (Fsp3) is 0.133. The van der Waals surface area contributed by atoms with Crippen molar-refractivity contribution in [1.82, 2.24) is 4.98 Å². The van der Waals surface area contributed by atoms with Crippen LogP contribution in [0, 0.1) is 0 Å². The maximum atomic E-state index is 4.60. The van der Waals surface area contributed by atoms with Gasteiger partial charge in [-0.2, -0.15) is 0 Å². The molecular weight excluding hydrogens is 194 g/mol. The van der Waals surface area contributed by atoms with Crippen LogP contribution in [0.15, 0.2) is 55.6 Å². The molecule has 0 N–H and O–H groups in total. The Morgan fingerprint density at radius 3 is 2.56 bits per heavy atom. The lowest BCUT2D eigenvalue weighted by molar-refractivity contribution is 1.12. The number of rotatable bonds is 4. The lowest BCUT2D eigenvalue weighted by Gasteiger charge is -2.06. The van der Waals surface area contributed by atoms with Gasteiger partial charge in [0, 0.05) is 17.5 Å². The summed E-state index contributed by atoms with van der Waals surface area (Å²) in [5, 5.41) is 1.22. The van der Waals surface area contributed by atoms with E-state index >= 15 is 0 Å². The number of nitrogens with zero attached hydrogens (tertiary/aromatic N) is 1. The molecule has 0 aliphatic rings. The Balaban J connectivity index is 2.62. The Kier molecular flexibility index (Phi) is 3.16. The van der Waals surface area contributed by atoms with E-state index in [1.165, 1.54) is 10.9 Å². The molecule has 0 fully saturated rings. The van der Waals surface area contributed by atoms with Gasteiger partial charge in [-0.1, -0.05) is 30.4 Å². The van der Waals surface area contributed by atoms with Crippen molar-refractivity contribution in [1.29, 1.82) is 0 Å². The lowest BCUT2D eigenvalue weighted by atomic mass is 10.0. The van der Waals surface area contributed by atoms with E-state index in [4.69, 9.17) is 0 Å². The zero-order valence-electron chi connectivity index (χ0n) is 9.32. The average molecular weight is 209 g/mol. The van der Waals surface area contributed by atoms with Crippen LogP contribution in [0.25, 0.3) is 10.9 Å². The first-order valence-electron chi connectivity index (χ1n) is 5.44. The summed E-state index contributed by atoms with van der Waals surface area (Å²) in [6.07, 6.45) is 5.51. The zero-order valence-corrected chi connectivity index (χ0v) is 9.32. The Labute approximate surface area is 96.1 Å². The molecule has 1 heterocycles. The molecule has 0 unspecified atom stereocenters. The number of para-hydroxylation sites is 1. The molecule has 0 aliphatic heterocycles. The van der Waals surface area contributed by atoms with Crippen LogP contribution in [0.1, 0.15) is 11.3 Å². The van der Waals surface area contributed by atoms with Gasteiger partial charge in [0.15, 0.2) is 0 Å². The first-order valence-corrected chi connectivity index (χ1v) is 5.44. The number of benzene rings is 1. The molecule has 2 rings (SSSR count). The molecule has 0 saturated carbocycles. The summed E-state index contributed by atoms with van der Waals surface area (Å²) in [5.74, 6) is 0. The second kappa shape index (κ2) is 4.75. The van der Waals surface area contributed by atoms with E-state index in [0.29, 0.717) is 0 Å². The molecule has 0 bridgehead atoms. The van der Waals surface area contributed by atoms with Gasteiger partial charge in [-0.25, -0.2) is 0 Å². The number of aromatic nitrogens is 1. The molecule has 0 spiro atoms. The molecular formula is C15H15N. The van der Waals surface area contributed by atoms with Gasteiger partial charge in [0.2, 0.25) is 0 Å². The first kappa shape index (κ1) is 10.6. The molecule has 80 valence electrons. The molecule has 1 nitrogen and oxygen atoms in total. The van der Waals surface area contributed by atoms with Crippen LogP contribution in [0.3, 0.4) is 0 Å². The summed E-state index contributed by atoms with van der Waals surface area (Å²) in [4.78, 5) is 4.60. The number of pyridine rings is 1. The first-order chi connectivity index (χ1) is 7.85. The van der Waals surface area contributed by atoms with E-state index in [0.717, 1.165) is 24.1 Å². The van der Waals surface area contributed by atoms with Crippen LogP contribution >= 0.6 is 0 Å². The fourth-order valence-corrected chi connectivity index (χ4v) is 1.89.